The van der Waals surface area contributed by atoms with Gasteiger partial charge in [0.15, 0.2) is 18.9 Å². The number of ether oxygens (including phenoxy) is 6. The van der Waals surface area contributed by atoms with Gasteiger partial charge in [-0.05, 0) is 51.4 Å². The molecule has 0 aliphatic carbocycles. The molecule has 0 bridgehead atoms. The van der Waals surface area contributed by atoms with Crippen LogP contribution in [0, 0.1) is 0 Å². The SMILES string of the molecule is CC/C=C\C/C=C\C/C=C\C/C=C\C/C=C\CC(=O)NC(COC1OC(CO)C(OC2OC(CO)C(OC3OC(CO)C(O)C(O)C3O)C(O)C2O)C(O)C1O)C(O)/C=C/CC/C=C/CCC. The Bertz CT molecular complexity index is 1570. The maximum atomic E-state index is 13.1. The molecule has 1 amide bonds. The molecule has 3 aliphatic rings. The first-order valence-corrected chi connectivity index (χ1v) is 23.3. The Morgan fingerprint density at radius 3 is 1.51 bits per heavy atom. The second kappa shape index (κ2) is 32.7. The zero-order valence-corrected chi connectivity index (χ0v) is 38.6. The normalized spacial score (nSPS) is 34.3. The first kappa shape index (κ1) is 58.3. The lowest BCUT2D eigenvalue weighted by molar-refractivity contribution is -0.379. The lowest BCUT2D eigenvalue weighted by atomic mass is 9.96. The summed E-state index contributed by atoms with van der Waals surface area (Å²) in [6.45, 7) is 1.31. The highest BCUT2D eigenvalue weighted by molar-refractivity contribution is 5.77. The van der Waals surface area contributed by atoms with Crippen LogP contribution in [0.15, 0.2) is 85.1 Å². The Labute approximate surface area is 393 Å². The van der Waals surface area contributed by atoms with E-state index in [9.17, 15) is 61.0 Å². The fraction of sp³-hybridized carbons (Fsp3) is 0.688. The van der Waals surface area contributed by atoms with Gasteiger partial charge in [0, 0.05) is 6.42 Å². The third-order valence-electron chi connectivity index (χ3n) is 11.2. The number of hydrogen-bond donors (Lipinski definition) is 12. The molecule has 0 spiro atoms. The lowest BCUT2D eigenvalue weighted by Crippen LogP contribution is -2.66. The molecule has 67 heavy (non-hydrogen) atoms. The van der Waals surface area contributed by atoms with Gasteiger partial charge in [-0.15, -0.1) is 0 Å². The highest BCUT2D eigenvalue weighted by atomic mass is 16.8. The minimum absolute atomic E-state index is 0.00288. The summed E-state index contributed by atoms with van der Waals surface area (Å²) in [6.07, 6.45) is 8.18. The van der Waals surface area contributed by atoms with E-state index in [1.54, 1.807) is 12.2 Å². The van der Waals surface area contributed by atoms with Crippen molar-refractivity contribution >= 4 is 5.91 Å². The van der Waals surface area contributed by atoms with Crippen LogP contribution in [0.25, 0.3) is 0 Å². The summed E-state index contributed by atoms with van der Waals surface area (Å²) in [5.41, 5.74) is 0. The fourth-order valence-corrected chi connectivity index (χ4v) is 7.28. The minimum atomic E-state index is -1.99. The van der Waals surface area contributed by atoms with Crippen molar-refractivity contribution in [2.24, 2.45) is 0 Å². The van der Waals surface area contributed by atoms with Crippen molar-refractivity contribution in [2.75, 3.05) is 26.4 Å². The zero-order chi connectivity index (χ0) is 49.1. The molecule has 0 aromatic rings. The molecule has 0 saturated carbocycles. The van der Waals surface area contributed by atoms with Crippen molar-refractivity contribution in [2.45, 2.75) is 182 Å². The van der Waals surface area contributed by atoms with Gasteiger partial charge in [-0.3, -0.25) is 4.79 Å². The van der Waals surface area contributed by atoms with Crippen molar-refractivity contribution in [3.05, 3.63) is 85.1 Å². The Balaban J connectivity index is 1.60. The average molecular weight is 956 g/mol. The van der Waals surface area contributed by atoms with E-state index in [1.807, 2.05) is 24.3 Å². The van der Waals surface area contributed by atoms with Crippen LogP contribution < -0.4 is 5.32 Å². The highest BCUT2D eigenvalue weighted by Crippen LogP contribution is 2.32. The Morgan fingerprint density at radius 1 is 0.537 bits per heavy atom. The molecule has 3 aliphatic heterocycles. The Hall–Kier alpha value is -3.03. The summed E-state index contributed by atoms with van der Waals surface area (Å²) in [5.74, 6) is -0.424. The Kier molecular flexibility index (Phi) is 28.5. The molecule has 3 heterocycles. The Morgan fingerprint density at radius 2 is 0.985 bits per heavy atom. The van der Waals surface area contributed by atoms with Crippen molar-refractivity contribution in [3.8, 4) is 0 Å². The fourth-order valence-electron chi connectivity index (χ4n) is 7.28. The standard InChI is InChI=1S/C48H77NO18/c1-3-5-7-9-11-12-13-14-15-16-17-18-20-22-24-26-36(54)49-31(32(53)25-23-21-19-10-8-6-4-2)30-62-46-42(60)39(57)44(34(28-51)64-46)67-48-43(61)40(58)45(35(29-52)65-48)66-47-41(59)38(56)37(55)33(27-50)63-47/h5,7-8,10-12,14-15,17-18,22-25,31-35,37-48,50-53,55-61H,3-4,6,9,13,16,19-21,26-30H2,1-2H3,(H,49,54)/b7-5-,10-8+,12-11-,15-14-,18-17-,24-22-,25-23+. The summed E-state index contributed by atoms with van der Waals surface area (Å²) in [6, 6.07) is -1.04. The van der Waals surface area contributed by atoms with E-state index in [-0.39, 0.29) is 6.42 Å². The predicted octanol–water partition coefficient (Wildman–Crippen LogP) is 0.131. The van der Waals surface area contributed by atoms with Crippen molar-refractivity contribution in [1.82, 2.24) is 5.32 Å². The summed E-state index contributed by atoms with van der Waals surface area (Å²) >= 11 is 0. The van der Waals surface area contributed by atoms with E-state index >= 15 is 0 Å². The predicted molar refractivity (Wildman–Crippen MR) is 244 cm³/mol. The van der Waals surface area contributed by atoms with Crippen molar-refractivity contribution in [3.63, 3.8) is 0 Å². The summed E-state index contributed by atoms with van der Waals surface area (Å²) in [4.78, 5) is 13.1. The van der Waals surface area contributed by atoms with Crippen LogP contribution in [0.4, 0.5) is 0 Å². The molecule has 382 valence electrons. The van der Waals surface area contributed by atoms with Gasteiger partial charge in [0.25, 0.3) is 0 Å². The number of nitrogens with one attached hydrogen (secondary N) is 1. The number of unbranched alkanes of at least 4 members (excludes halogenated alkanes) is 2. The van der Waals surface area contributed by atoms with Crippen LogP contribution in [0.2, 0.25) is 0 Å². The zero-order valence-electron chi connectivity index (χ0n) is 38.6. The number of aliphatic hydroxyl groups is 11. The number of hydrogen-bond acceptors (Lipinski definition) is 18. The number of carbonyl (C=O) groups excluding carboxylic acids is 1. The van der Waals surface area contributed by atoms with Gasteiger partial charge in [0.2, 0.25) is 5.91 Å². The number of rotatable bonds is 29. The van der Waals surface area contributed by atoms with E-state index in [2.05, 4.69) is 61.7 Å². The molecule has 17 unspecified atom stereocenters. The molecular formula is C48H77NO18. The van der Waals surface area contributed by atoms with Gasteiger partial charge in [-0.1, -0.05) is 105 Å². The first-order chi connectivity index (χ1) is 32.3. The van der Waals surface area contributed by atoms with Gasteiger partial charge < -0.3 is 89.9 Å². The second-order valence-corrected chi connectivity index (χ2v) is 16.5. The monoisotopic (exact) mass is 956 g/mol. The topological polar surface area (TPSA) is 307 Å². The molecule has 3 saturated heterocycles. The number of amides is 1. The van der Waals surface area contributed by atoms with Gasteiger partial charge >= 0.3 is 0 Å². The first-order valence-electron chi connectivity index (χ1n) is 23.3. The molecule has 0 aromatic carbocycles. The smallest absolute Gasteiger partial charge is 0.224 e. The quantitative estimate of drug-likeness (QED) is 0.0350. The van der Waals surface area contributed by atoms with Gasteiger partial charge in [-0.25, -0.2) is 0 Å². The van der Waals surface area contributed by atoms with Crippen LogP contribution in [-0.4, -0.2) is 193 Å². The number of aliphatic hydroxyl groups excluding tert-OH is 11. The third kappa shape index (κ3) is 19.4. The highest BCUT2D eigenvalue weighted by Gasteiger charge is 2.53. The van der Waals surface area contributed by atoms with Crippen LogP contribution in [0.5, 0.6) is 0 Å². The van der Waals surface area contributed by atoms with E-state index in [4.69, 9.17) is 28.4 Å². The summed E-state index contributed by atoms with van der Waals surface area (Å²) in [7, 11) is 0. The molecule has 3 rings (SSSR count). The van der Waals surface area contributed by atoms with Crippen LogP contribution >= 0.6 is 0 Å². The molecule has 0 aromatic heterocycles. The minimum Gasteiger partial charge on any atom is -0.394 e. The van der Waals surface area contributed by atoms with E-state index in [0.29, 0.717) is 12.8 Å². The van der Waals surface area contributed by atoms with Crippen molar-refractivity contribution in [1.29, 1.82) is 0 Å². The third-order valence-corrected chi connectivity index (χ3v) is 11.2. The molecule has 19 nitrogen and oxygen atoms in total. The van der Waals surface area contributed by atoms with Crippen LogP contribution in [0.3, 0.4) is 0 Å². The molecule has 0 radical (unpaired) electrons. The summed E-state index contributed by atoms with van der Waals surface area (Å²) in [5, 5.41) is 119. The molecule has 17 atom stereocenters. The number of allylic oxidation sites excluding steroid dienone is 12. The molecule has 3 fully saturated rings. The molecule has 12 N–H and O–H groups in total. The van der Waals surface area contributed by atoms with Gasteiger partial charge in [-0.2, -0.15) is 0 Å². The lowest BCUT2D eigenvalue weighted by Gasteiger charge is -2.48. The van der Waals surface area contributed by atoms with Crippen molar-refractivity contribution < 1.29 is 89.4 Å². The van der Waals surface area contributed by atoms with E-state index < -0.39 is 137 Å². The summed E-state index contributed by atoms with van der Waals surface area (Å²) < 4.78 is 33.9. The molecular weight excluding hydrogens is 879 g/mol. The van der Waals surface area contributed by atoms with Crippen LogP contribution in [-0.2, 0) is 33.2 Å². The van der Waals surface area contributed by atoms with E-state index in [1.165, 1.54) is 6.08 Å². The van der Waals surface area contributed by atoms with Crippen LogP contribution in [0.1, 0.15) is 78.1 Å². The van der Waals surface area contributed by atoms with Gasteiger partial charge in [0.05, 0.1) is 38.6 Å². The maximum Gasteiger partial charge on any atom is 0.224 e. The largest absolute Gasteiger partial charge is 0.394 e. The molecule has 19 heteroatoms. The van der Waals surface area contributed by atoms with E-state index in [0.717, 1.165) is 44.9 Å². The second-order valence-electron chi connectivity index (χ2n) is 16.5. The maximum absolute atomic E-state index is 13.1. The number of carbonyl (C=O) groups is 1. The average Bonchev–Trinajstić information content (AvgIpc) is 3.32. The van der Waals surface area contributed by atoms with Gasteiger partial charge in [0.1, 0.15) is 73.2 Å².